The van der Waals surface area contributed by atoms with Crippen LogP contribution in [0.25, 0.3) is 0 Å². The summed E-state index contributed by atoms with van der Waals surface area (Å²) in [5.74, 6) is 0.504. The molecular weight excluding hydrogens is 290 g/mol. The lowest BCUT2D eigenvalue weighted by molar-refractivity contribution is 0.0655. The van der Waals surface area contributed by atoms with Gasteiger partial charge in [0.05, 0.1) is 10.6 Å². The van der Waals surface area contributed by atoms with E-state index in [2.05, 4.69) is 26.5 Å². The highest BCUT2D eigenvalue weighted by atomic mass is 35.5. The van der Waals surface area contributed by atoms with Gasteiger partial charge in [-0.1, -0.05) is 38.3 Å². The van der Waals surface area contributed by atoms with Gasteiger partial charge >= 0.3 is 0 Å². The number of hydrogen-bond donors (Lipinski definition) is 1. The van der Waals surface area contributed by atoms with Crippen molar-refractivity contribution in [3.05, 3.63) is 28.8 Å². The molecule has 2 nitrogen and oxygen atoms in total. The number of halogens is 1. The van der Waals surface area contributed by atoms with E-state index in [4.69, 9.17) is 11.6 Å². The monoisotopic (exact) mass is 311 g/mol. The first-order chi connectivity index (χ1) is 9.49. The highest BCUT2D eigenvalue weighted by molar-refractivity contribution is 7.80. The van der Waals surface area contributed by atoms with Crippen LogP contribution in [0.5, 0.6) is 0 Å². The Labute approximate surface area is 131 Å². The van der Waals surface area contributed by atoms with Gasteiger partial charge in [0.2, 0.25) is 0 Å². The summed E-state index contributed by atoms with van der Waals surface area (Å²) in [7, 11) is 0. The molecule has 0 heterocycles. The molecule has 1 aromatic rings. The van der Waals surface area contributed by atoms with Crippen molar-refractivity contribution in [2.75, 3.05) is 6.54 Å². The molecule has 20 heavy (non-hydrogen) atoms. The van der Waals surface area contributed by atoms with Crippen LogP contribution in [-0.4, -0.2) is 23.4 Å². The highest BCUT2D eigenvalue weighted by Crippen LogP contribution is 2.28. The zero-order chi connectivity index (χ0) is 14.7. The first kappa shape index (κ1) is 15.7. The Morgan fingerprint density at radius 2 is 2.05 bits per heavy atom. The Morgan fingerprint density at radius 1 is 1.40 bits per heavy atom. The Morgan fingerprint density at radius 3 is 2.65 bits per heavy atom. The average molecular weight is 312 g/mol. The van der Waals surface area contributed by atoms with Crippen LogP contribution in [0.3, 0.4) is 0 Å². The lowest BCUT2D eigenvalue weighted by Crippen LogP contribution is -2.41. The van der Waals surface area contributed by atoms with E-state index in [1.165, 1.54) is 12.8 Å². The summed E-state index contributed by atoms with van der Waals surface area (Å²) in [6.45, 7) is 5.08. The number of amides is 1. The maximum atomic E-state index is 12.8. The third-order valence-electron chi connectivity index (χ3n) is 3.77. The van der Waals surface area contributed by atoms with Crippen molar-refractivity contribution < 1.29 is 4.79 Å². The number of thiol groups is 1. The van der Waals surface area contributed by atoms with Crippen LogP contribution in [0.2, 0.25) is 5.02 Å². The largest absolute Gasteiger partial charge is 0.335 e. The minimum atomic E-state index is 0.0477. The third-order valence-corrected chi connectivity index (χ3v) is 4.38. The summed E-state index contributed by atoms with van der Waals surface area (Å²) < 4.78 is 0. The molecule has 0 aromatic heterocycles. The van der Waals surface area contributed by atoms with Crippen LogP contribution in [0.4, 0.5) is 0 Å². The molecule has 0 unspecified atom stereocenters. The first-order valence-corrected chi connectivity index (χ1v) is 8.11. The second-order valence-corrected chi connectivity index (χ2v) is 6.88. The number of benzene rings is 1. The molecule has 1 amide bonds. The average Bonchev–Trinajstić information content (AvgIpc) is 2.91. The van der Waals surface area contributed by atoms with Crippen molar-refractivity contribution in [1.29, 1.82) is 0 Å². The maximum absolute atomic E-state index is 12.8. The van der Waals surface area contributed by atoms with Crippen molar-refractivity contribution in [2.24, 2.45) is 5.92 Å². The molecule has 0 aliphatic heterocycles. The summed E-state index contributed by atoms with van der Waals surface area (Å²) in [5, 5.41) is 0.513. The smallest absolute Gasteiger partial charge is 0.255 e. The number of rotatable bonds is 4. The Bertz CT molecular complexity index is 483. The van der Waals surface area contributed by atoms with E-state index >= 15 is 0 Å². The lowest BCUT2D eigenvalue weighted by Gasteiger charge is -2.31. The molecule has 0 atom stereocenters. The molecule has 1 aromatic carbocycles. The predicted octanol–water partition coefficient (Wildman–Crippen LogP) is 4.67. The van der Waals surface area contributed by atoms with Gasteiger partial charge in [-0.3, -0.25) is 4.79 Å². The molecule has 1 aliphatic rings. The van der Waals surface area contributed by atoms with Gasteiger partial charge in [-0.25, -0.2) is 0 Å². The van der Waals surface area contributed by atoms with Crippen LogP contribution in [0.15, 0.2) is 23.1 Å². The quantitative estimate of drug-likeness (QED) is 0.801. The summed E-state index contributed by atoms with van der Waals surface area (Å²) in [6, 6.07) is 5.70. The van der Waals surface area contributed by atoms with E-state index in [0.717, 1.165) is 24.3 Å². The normalized spacial score (nSPS) is 15.8. The number of carbonyl (C=O) groups excluding carboxylic acids is 1. The van der Waals surface area contributed by atoms with Crippen LogP contribution in [0, 0.1) is 5.92 Å². The van der Waals surface area contributed by atoms with Crippen molar-refractivity contribution >= 4 is 30.1 Å². The fourth-order valence-electron chi connectivity index (χ4n) is 2.84. The molecule has 110 valence electrons. The van der Waals surface area contributed by atoms with Gasteiger partial charge in [0.25, 0.3) is 5.91 Å². The van der Waals surface area contributed by atoms with Gasteiger partial charge in [-0.05, 0) is 37.0 Å². The van der Waals surface area contributed by atoms with Crippen LogP contribution in [0.1, 0.15) is 49.9 Å². The third kappa shape index (κ3) is 3.70. The number of carbonyl (C=O) groups is 1. The molecule has 2 rings (SSSR count). The number of hydrogen-bond acceptors (Lipinski definition) is 2. The van der Waals surface area contributed by atoms with Crippen molar-refractivity contribution in [3.63, 3.8) is 0 Å². The Balaban J connectivity index is 2.27. The standard InChI is InChI=1S/C16H22ClNOS/c1-11(2)10-18(12-5-3-4-6-12)16(19)14-9-13(20)7-8-15(14)17/h7-9,11-12,20H,3-6,10H2,1-2H3. The van der Waals surface area contributed by atoms with Crippen molar-refractivity contribution in [3.8, 4) is 0 Å². The van der Waals surface area contributed by atoms with Gasteiger partial charge in [0.1, 0.15) is 0 Å². The topological polar surface area (TPSA) is 20.3 Å². The zero-order valence-corrected chi connectivity index (χ0v) is 13.8. The highest BCUT2D eigenvalue weighted by Gasteiger charge is 2.28. The molecule has 0 saturated heterocycles. The molecule has 0 N–H and O–H groups in total. The second-order valence-electron chi connectivity index (χ2n) is 5.95. The van der Waals surface area contributed by atoms with Crippen LogP contribution < -0.4 is 0 Å². The fourth-order valence-corrected chi connectivity index (χ4v) is 3.24. The van der Waals surface area contributed by atoms with Crippen molar-refractivity contribution in [2.45, 2.75) is 50.5 Å². The molecule has 1 fully saturated rings. The van der Waals surface area contributed by atoms with E-state index in [0.29, 0.717) is 22.5 Å². The molecule has 1 saturated carbocycles. The van der Waals surface area contributed by atoms with Gasteiger partial charge in [-0.15, -0.1) is 12.6 Å². The molecule has 1 aliphatic carbocycles. The van der Waals surface area contributed by atoms with E-state index < -0.39 is 0 Å². The molecule has 0 radical (unpaired) electrons. The summed E-state index contributed by atoms with van der Waals surface area (Å²) >= 11 is 10.5. The van der Waals surface area contributed by atoms with Gasteiger partial charge < -0.3 is 4.90 Å². The molecule has 0 spiro atoms. The maximum Gasteiger partial charge on any atom is 0.255 e. The van der Waals surface area contributed by atoms with E-state index in [1.807, 2.05) is 11.0 Å². The molecular formula is C16H22ClNOS. The minimum absolute atomic E-state index is 0.0477. The lowest BCUT2D eigenvalue weighted by atomic mass is 10.1. The Hall–Kier alpha value is -0.670. The van der Waals surface area contributed by atoms with E-state index in [-0.39, 0.29) is 5.91 Å². The van der Waals surface area contributed by atoms with Gasteiger partial charge in [-0.2, -0.15) is 0 Å². The summed E-state index contributed by atoms with van der Waals surface area (Å²) in [5.41, 5.74) is 0.576. The first-order valence-electron chi connectivity index (χ1n) is 7.28. The fraction of sp³-hybridized carbons (Fsp3) is 0.562. The van der Waals surface area contributed by atoms with Crippen LogP contribution in [-0.2, 0) is 0 Å². The zero-order valence-electron chi connectivity index (χ0n) is 12.1. The molecule has 4 heteroatoms. The van der Waals surface area contributed by atoms with E-state index in [1.54, 1.807) is 12.1 Å². The predicted molar refractivity (Wildman–Crippen MR) is 86.8 cm³/mol. The molecule has 0 bridgehead atoms. The van der Waals surface area contributed by atoms with Gasteiger partial charge in [0, 0.05) is 17.5 Å². The number of nitrogens with zero attached hydrogens (tertiary/aromatic N) is 1. The SMILES string of the molecule is CC(C)CN(C(=O)c1cc(S)ccc1Cl)C1CCCC1. The second kappa shape index (κ2) is 6.86. The van der Waals surface area contributed by atoms with E-state index in [9.17, 15) is 4.79 Å². The Kier molecular flexibility index (Phi) is 5.39. The van der Waals surface area contributed by atoms with Crippen molar-refractivity contribution in [1.82, 2.24) is 4.90 Å². The van der Waals surface area contributed by atoms with Gasteiger partial charge in [0.15, 0.2) is 0 Å². The summed E-state index contributed by atoms with van der Waals surface area (Å²) in [6.07, 6.45) is 4.65. The minimum Gasteiger partial charge on any atom is -0.335 e. The van der Waals surface area contributed by atoms with Crippen LogP contribution >= 0.6 is 24.2 Å². The summed E-state index contributed by atoms with van der Waals surface area (Å²) in [4.78, 5) is 15.6.